The minimum absolute atomic E-state index is 0.532. The van der Waals surface area contributed by atoms with Crippen molar-refractivity contribution in [2.45, 2.75) is 6.42 Å². The van der Waals surface area contributed by atoms with Gasteiger partial charge < -0.3 is 9.47 Å². The van der Waals surface area contributed by atoms with Gasteiger partial charge in [-0.3, -0.25) is 0 Å². The van der Waals surface area contributed by atoms with Gasteiger partial charge in [0.25, 0.3) is 0 Å². The van der Waals surface area contributed by atoms with Gasteiger partial charge in [0.15, 0.2) is 11.5 Å². The minimum Gasteiger partial charge on any atom is -0.493 e. The fourth-order valence-corrected chi connectivity index (χ4v) is 2.40. The molecule has 0 amide bonds. The molecule has 3 nitrogen and oxygen atoms in total. The van der Waals surface area contributed by atoms with E-state index in [-0.39, 0.29) is 0 Å². The van der Waals surface area contributed by atoms with Gasteiger partial charge in [0.05, 0.1) is 29.8 Å². The molecule has 2 aromatic carbocycles. The summed E-state index contributed by atoms with van der Waals surface area (Å²) in [4.78, 5) is 0. The molecule has 4 heteroatoms. The third-order valence-corrected chi connectivity index (χ3v) is 3.43. The van der Waals surface area contributed by atoms with Crippen molar-refractivity contribution in [3.05, 3.63) is 58.1 Å². The summed E-state index contributed by atoms with van der Waals surface area (Å²) < 4.78 is 11.8. The first kappa shape index (κ1) is 14.4. The molecule has 0 atom stereocenters. The van der Waals surface area contributed by atoms with E-state index < -0.39 is 0 Å². The Balaban J connectivity index is 2.08. The van der Waals surface area contributed by atoms with Gasteiger partial charge in [0, 0.05) is 12.5 Å². The number of nitrogens with zero attached hydrogens (tertiary/aromatic N) is 1. The van der Waals surface area contributed by atoms with E-state index >= 15 is 0 Å². The van der Waals surface area contributed by atoms with E-state index in [1.807, 2.05) is 18.2 Å². The van der Waals surface area contributed by atoms with Gasteiger partial charge in [-0.25, -0.2) is 0 Å². The topological polar surface area (TPSA) is 42.2 Å². The molecule has 0 N–H and O–H groups in total. The maximum atomic E-state index is 8.93. The highest BCUT2D eigenvalue weighted by Crippen LogP contribution is 2.36. The van der Waals surface area contributed by atoms with Gasteiger partial charge in [0.1, 0.15) is 0 Å². The largest absolute Gasteiger partial charge is 0.493 e. The zero-order valence-electron chi connectivity index (χ0n) is 11.1. The van der Waals surface area contributed by atoms with Crippen molar-refractivity contribution in [2.24, 2.45) is 0 Å². The summed E-state index contributed by atoms with van der Waals surface area (Å²) in [5.74, 6) is 1.19. The second-order valence-corrected chi connectivity index (χ2v) is 5.04. The van der Waals surface area contributed by atoms with Crippen LogP contribution in [0.5, 0.6) is 11.5 Å². The number of halogens is 1. The normalized spacial score (nSPS) is 9.85. The number of hydrogen-bond acceptors (Lipinski definition) is 3. The molecule has 0 radical (unpaired) electrons. The summed E-state index contributed by atoms with van der Waals surface area (Å²) in [6.07, 6.45) is 0.816. The lowest BCUT2D eigenvalue weighted by Gasteiger charge is -2.13. The predicted molar refractivity (Wildman–Crippen MR) is 81.1 cm³/mol. The molecule has 0 saturated heterocycles. The third kappa shape index (κ3) is 3.52. The summed E-state index contributed by atoms with van der Waals surface area (Å²) in [7, 11) is 1.56. The van der Waals surface area contributed by atoms with Crippen molar-refractivity contribution >= 4 is 15.9 Å². The molecular weight excluding hydrogens is 318 g/mol. The number of ether oxygens (including phenoxy) is 2. The van der Waals surface area contributed by atoms with Crippen LogP contribution in [0.1, 0.15) is 11.1 Å². The number of methoxy groups -OCH3 is 1. The van der Waals surface area contributed by atoms with Crippen LogP contribution >= 0.6 is 15.9 Å². The zero-order valence-corrected chi connectivity index (χ0v) is 12.7. The first-order valence-electron chi connectivity index (χ1n) is 6.19. The third-order valence-electron chi connectivity index (χ3n) is 2.84. The molecule has 102 valence electrons. The van der Waals surface area contributed by atoms with Crippen molar-refractivity contribution in [1.29, 1.82) is 5.26 Å². The molecule has 0 heterocycles. The van der Waals surface area contributed by atoms with Crippen LogP contribution in [-0.4, -0.2) is 13.7 Å². The van der Waals surface area contributed by atoms with Gasteiger partial charge in [-0.15, -0.1) is 0 Å². The SMILES string of the molecule is COc1cc(C#N)cc(Br)c1OCCc1ccccc1. The van der Waals surface area contributed by atoms with Crippen molar-refractivity contribution in [2.75, 3.05) is 13.7 Å². The van der Waals surface area contributed by atoms with E-state index in [1.54, 1.807) is 19.2 Å². The molecule has 0 spiro atoms. The van der Waals surface area contributed by atoms with Crippen LogP contribution in [0, 0.1) is 11.3 Å². The number of hydrogen-bond donors (Lipinski definition) is 0. The van der Waals surface area contributed by atoms with Gasteiger partial charge in [0.2, 0.25) is 0 Å². The lowest BCUT2D eigenvalue weighted by molar-refractivity contribution is 0.295. The van der Waals surface area contributed by atoms with Crippen molar-refractivity contribution in [1.82, 2.24) is 0 Å². The highest BCUT2D eigenvalue weighted by atomic mass is 79.9. The van der Waals surface area contributed by atoms with Crippen LogP contribution in [0.3, 0.4) is 0 Å². The summed E-state index contributed by atoms with van der Waals surface area (Å²) in [5, 5.41) is 8.93. The number of nitriles is 1. The maximum absolute atomic E-state index is 8.93. The Morgan fingerprint density at radius 1 is 1.20 bits per heavy atom. The molecule has 20 heavy (non-hydrogen) atoms. The zero-order chi connectivity index (χ0) is 14.4. The second-order valence-electron chi connectivity index (χ2n) is 4.19. The Morgan fingerprint density at radius 2 is 1.95 bits per heavy atom. The number of benzene rings is 2. The second kappa shape index (κ2) is 6.97. The van der Waals surface area contributed by atoms with E-state index in [0.29, 0.717) is 23.7 Å². The van der Waals surface area contributed by atoms with E-state index in [4.69, 9.17) is 14.7 Å². The van der Waals surface area contributed by atoms with Gasteiger partial charge in [-0.05, 0) is 27.6 Å². The van der Waals surface area contributed by atoms with Crippen LogP contribution in [0.2, 0.25) is 0 Å². The van der Waals surface area contributed by atoms with E-state index in [9.17, 15) is 0 Å². The summed E-state index contributed by atoms with van der Waals surface area (Å²) in [5.41, 5.74) is 1.75. The first-order chi connectivity index (χ1) is 9.74. The number of rotatable bonds is 5. The quantitative estimate of drug-likeness (QED) is 0.833. The van der Waals surface area contributed by atoms with Gasteiger partial charge in [-0.2, -0.15) is 5.26 Å². The molecule has 0 aliphatic heterocycles. The van der Waals surface area contributed by atoms with Crippen molar-refractivity contribution < 1.29 is 9.47 Å². The molecule has 0 aromatic heterocycles. The van der Waals surface area contributed by atoms with Crippen LogP contribution < -0.4 is 9.47 Å². The van der Waals surface area contributed by atoms with E-state index in [1.165, 1.54) is 5.56 Å². The molecule has 0 unspecified atom stereocenters. The van der Waals surface area contributed by atoms with Gasteiger partial charge >= 0.3 is 0 Å². The lowest BCUT2D eigenvalue weighted by Crippen LogP contribution is -2.03. The van der Waals surface area contributed by atoms with Crippen LogP contribution in [0.4, 0.5) is 0 Å². The summed E-state index contributed by atoms with van der Waals surface area (Å²) in [6, 6.07) is 15.6. The van der Waals surface area contributed by atoms with Crippen LogP contribution in [0.25, 0.3) is 0 Å². The Bertz CT molecular complexity index is 620. The molecule has 0 saturated carbocycles. The standard InChI is InChI=1S/C16H14BrNO2/c1-19-15-10-13(11-18)9-14(17)16(15)20-8-7-12-5-3-2-4-6-12/h2-6,9-10H,7-8H2,1H3. The minimum atomic E-state index is 0.532. The van der Waals surface area contributed by atoms with E-state index in [2.05, 4.69) is 34.1 Å². The fraction of sp³-hybridized carbons (Fsp3) is 0.188. The molecule has 2 aromatic rings. The Kier molecular flexibility index (Phi) is 5.03. The predicted octanol–water partition coefficient (Wildman–Crippen LogP) is 3.95. The molecule has 0 bridgehead atoms. The van der Waals surface area contributed by atoms with Crippen LogP contribution in [-0.2, 0) is 6.42 Å². The van der Waals surface area contributed by atoms with Crippen LogP contribution in [0.15, 0.2) is 46.9 Å². The monoisotopic (exact) mass is 331 g/mol. The highest BCUT2D eigenvalue weighted by molar-refractivity contribution is 9.10. The first-order valence-corrected chi connectivity index (χ1v) is 6.98. The molecule has 2 rings (SSSR count). The lowest BCUT2D eigenvalue weighted by atomic mass is 10.2. The smallest absolute Gasteiger partial charge is 0.175 e. The maximum Gasteiger partial charge on any atom is 0.175 e. The van der Waals surface area contributed by atoms with Crippen molar-refractivity contribution in [3.8, 4) is 17.6 Å². The fourth-order valence-electron chi connectivity index (χ4n) is 1.84. The Morgan fingerprint density at radius 3 is 2.60 bits per heavy atom. The molecular formula is C16H14BrNO2. The Hall–Kier alpha value is -1.99. The molecule has 0 aliphatic carbocycles. The summed E-state index contributed by atoms with van der Waals surface area (Å²) >= 11 is 3.41. The highest BCUT2D eigenvalue weighted by Gasteiger charge is 2.11. The molecule has 0 fully saturated rings. The summed E-state index contributed by atoms with van der Waals surface area (Å²) in [6.45, 7) is 0.547. The van der Waals surface area contributed by atoms with E-state index in [0.717, 1.165) is 10.9 Å². The van der Waals surface area contributed by atoms with Crippen molar-refractivity contribution in [3.63, 3.8) is 0 Å². The average Bonchev–Trinajstić information content (AvgIpc) is 2.49. The van der Waals surface area contributed by atoms with Gasteiger partial charge in [-0.1, -0.05) is 30.3 Å². The molecule has 0 aliphatic rings. The Labute approximate surface area is 126 Å². The average molecular weight is 332 g/mol.